The molecule has 0 aliphatic carbocycles. The molecule has 1 amide bonds. The number of amides is 1. The number of aryl methyl sites for hydroxylation is 2. The van der Waals surface area contributed by atoms with Gasteiger partial charge in [-0.25, -0.2) is 4.98 Å². The van der Waals surface area contributed by atoms with Crippen molar-refractivity contribution >= 4 is 11.7 Å². The van der Waals surface area contributed by atoms with E-state index in [2.05, 4.69) is 38.3 Å². The smallest absolute Gasteiger partial charge is 0.242 e. The van der Waals surface area contributed by atoms with Crippen LogP contribution in [0.5, 0.6) is 0 Å². The highest BCUT2D eigenvalue weighted by atomic mass is 16.2. The van der Waals surface area contributed by atoms with E-state index in [4.69, 9.17) is 0 Å². The van der Waals surface area contributed by atoms with Crippen LogP contribution in [0.15, 0.2) is 24.4 Å². The Morgan fingerprint density at radius 1 is 1.20 bits per heavy atom. The van der Waals surface area contributed by atoms with Crippen LogP contribution in [0.2, 0.25) is 0 Å². The molecule has 1 aliphatic rings. The standard InChI is InChI=1S/C18H26N6O/c1-14-10-15(2)24(21-14)13-18(25)20-12-16-4-5-19-17(11-16)23-8-6-22(3)7-9-23/h4-5,10-11H,6-9,12-13H2,1-3H3,(H,20,25). The van der Waals surface area contributed by atoms with Gasteiger partial charge < -0.3 is 15.1 Å². The first kappa shape index (κ1) is 17.4. The second-order valence-corrected chi connectivity index (χ2v) is 6.67. The van der Waals surface area contributed by atoms with Crippen molar-refractivity contribution in [1.82, 2.24) is 25.0 Å². The zero-order valence-corrected chi connectivity index (χ0v) is 15.2. The number of aromatic nitrogens is 3. The lowest BCUT2D eigenvalue weighted by molar-refractivity contribution is -0.122. The molecule has 3 rings (SSSR count). The Balaban J connectivity index is 1.55. The number of hydrogen-bond acceptors (Lipinski definition) is 5. The van der Waals surface area contributed by atoms with Crippen LogP contribution in [0.4, 0.5) is 5.82 Å². The Bertz CT molecular complexity index is 733. The van der Waals surface area contributed by atoms with Gasteiger partial charge in [-0.1, -0.05) is 0 Å². The number of nitrogens with one attached hydrogen (secondary N) is 1. The Hall–Kier alpha value is -2.41. The van der Waals surface area contributed by atoms with Gasteiger partial charge in [0.15, 0.2) is 0 Å². The summed E-state index contributed by atoms with van der Waals surface area (Å²) in [6.45, 7) is 8.69. The second-order valence-electron chi connectivity index (χ2n) is 6.67. The fraction of sp³-hybridized carbons (Fsp3) is 0.500. The molecule has 0 radical (unpaired) electrons. The van der Waals surface area contributed by atoms with Crippen molar-refractivity contribution in [2.45, 2.75) is 26.9 Å². The number of carbonyl (C=O) groups excluding carboxylic acids is 1. The minimum absolute atomic E-state index is 0.0378. The van der Waals surface area contributed by atoms with E-state index in [1.54, 1.807) is 4.68 Å². The molecule has 0 saturated carbocycles. The van der Waals surface area contributed by atoms with Crippen molar-refractivity contribution in [1.29, 1.82) is 0 Å². The highest BCUT2D eigenvalue weighted by Crippen LogP contribution is 2.14. The molecule has 0 atom stereocenters. The van der Waals surface area contributed by atoms with Crippen LogP contribution in [0.3, 0.4) is 0 Å². The molecular weight excluding hydrogens is 316 g/mol. The number of nitrogens with zero attached hydrogens (tertiary/aromatic N) is 5. The number of likely N-dealkylation sites (N-methyl/N-ethyl adjacent to an activating group) is 1. The van der Waals surface area contributed by atoms with Crippen LogP contribution in [0.1, 0.15) is 17.0 Å². The number of rotatable bonds is 5. The third-order valence-electron chi connectivity index (χ3n) is 4.52. The van der Waals surface area contributed by atoms with Gasteiger partial charge in [-0.3, -0.25) is 9.48 Å². The quantitative estimate of drug-likeness (QED) is 0.877. The van der Waals surface area contributed by atoms with Crippen LogP contribution >= 0.6 is 0 Å². The van der Waals surface area contributed by atoms with E-state index in [-0.39, 0.29) is 12.5 Å². The molecule has 134 valence electrons. The van der Waals surface area contributed by atoms with Gasteiger partial charge in [-0.15, -0.1) is 0 Å². The van der Waals surface area contributed by atoms with Gasteiger partial charge in [0.2, 0.25) is 5.91 Å². The lowest BCUT2D eigenvalue weighted by Gasteiger charge is -2.33. The second kappa shape index (κ2) is 7.65. The monoisotopic (exact) mass is 342 g/mol. The van der Waals surface area contributed by atoms with Gasteiger partial charge in [0, 0.05) is 44.6 Å². The Morgan fingerprint density at radius 3 is 2.64 bits per heavy atom. The third-order valence-corrected chi connectivity index (χ3v) is 4.52. The van der Waals surface area contributed by atoms with Gasteiger partial charge in [0.05, 0.1) is 5.69 Å². The molecule has 0 unspecified atom stereocenters. The minimum atomic E-state index is -0.0378. The topological polar surface area (TPSA) is 66.3 Å². The predicted molar refractivity (Wildman–Crippen MR) is 97.5 cm³/mol. The van der Waals surface area contributed by atoms with E-state index in [1.165, 1.54) is 0 Å². The molecule has 2 aromatic rings. The molecule has 1 fully saturated rings. The van der Waals surface area contributed by atoms with Crippen molar-refractivity contribution in [3.8, 4) is 0 Å². The van der Waals surface area contributed by atoms with E-state index >= 15 is 0 Å². The molecule has 7 heteroatoms. The molecule has 7 nitrogen and oxygen atoms in total. The van der Waals surface area contributed by atoms with Crippen molar-refractivity contribution in [3.63, 3.8) is 0 Å². The molecule has 1 saturated heterocycles. The molecular formula is C18H26N6O. The maximum atomic E-state index is 12.2. The molecule has 0 bridgehead atoms. The van der Waals surface area contributed by atoms with Gasteiger partial charge >= 0.3 is 0 Å². The maximum Gasteiger partial charge on any atom is 0.242 e. The summed E-state index contributed by atoms with van der Waals surface area (Å²) >= 11 is 0. The van der Waals surface area contributed by atoms with Crippen LogP contribution in [0, 0.1) is 13.8 Å². The largest absolute Gasteiger partial charge is 0.354 e. The van der Waals surface area contributed by atoms with E-state index in [0.717, 1.165) is 48.9 Å². The van der Waals surface area contributed by atoms with Crippen LogP contribution < -0.4 is 10.2 Å². The highest BCUT2D eigenvalue weighted by Gasteiger charge is 2.15. The maximum absolute atomic E-state index is 12.2. The predicted octanol–water partition coefficient (Wildman–Crippen LogP) is 0.963. The van der Waals surface area contributed by atoms with Crippen molar-refractivity contribution in [3.05, 3.63) is 41.3 Å². The van der Waals surface area contributed by atoms with E-state index in [0.29, 0.717) is 6.54 Å². The summed E-state index contributed by atoms with van der Waals surface area (Å²) in [6.07, 6.45) is 1.82. The molecule has 0 spiro atoms. The lowest BCUT2D eigenvalue weighted by Crippen LogP contribution is -2.44. The Labute approximate surface area is 148 Å². The van der Waals surface area contributed by atoms with Crippen molar-refractivity contribution in [2.75, 3.05) is 38.1 Å². The first-order chi connectivity index (χ1) is 12.0. The zero-order chi connectivity index (χ0) is 17.8. The molecule has 2 aromatic heterocycles. The average Bonchev–Trinajstić information content (AvgIpc) is 2.91. The van der Waals surface area contributed by atoms with E-state index < -0.39 is 0 Å². The Morgan fingerprint density at radius 2 is 1.96 bits per heavy atom. The van der Waals surface area contributed by atoms with E-state index in [9.17, 15) is 4.79 Å². The van der Waals surface area contributed by atoms with Crippen LogP contribution in [-0.2, 0) is 17.9 Å². The van der Waals surface area contributed by atoms with Crippen molar-refractivity contribution in [2.24, 2.45) is 0 Å². The summed E-state index contributed by atoms with van der Waals surface area (Å²) in [4.78, 5) is 21.3. The summed E-state index contributed by atoms with van der Waals surface area (Å²) in [7, 11) is 2.14. The molecule has 3 heterocycles. The van der Waals surface area contributed by atoms with Gasteiger partial charge in [0.25, 0.3) is 0 Å². The number of pyridine rings is 1. The third kappa shape index (κ3) is 4.57. The summed E-state index contributed by atoms with van der Waals surface area (Å²) in [5.74, 6) is 0.947. The van der Waals surface area contributed by atoms with Gasteiger partial charge in [-0.05, 0) is 44.7 Å². The summed E-state index contributed by atoms with van der Waals surface area (Å²) in [5.41, 5.74) is 2.98. The fourth-order valence-electron chi connectivity index (χ4n) is 3.01. The zero-order valence-electron chi connectivity index (χ0n) is 15.2. The SMILES string of the molecule is Cc1cc(C)n(CC(=O)NCc2ccnc(N3CCN(C)CC3)c2)n1. The number of hydrogen-bond donors (Lipinski definition) is 1. The first-order valence-corrected chi connectivity index (χ1v) is 8.67. The summed E-state index contributed by atoms with van der Waals surface area (Å²) in [5, 5.41) is 7.29. The van der Waals surface area contributed by atoms with E-state index in [1.807, 2.05) is 32.2 Å². The number of anilines is 1. The molecule has 0 aromatic carbocycles. The molecule has 1 N–H and O–H groups in total. The summed E-state index contributed by atoms with van der Waals surface area (Å²) < 4.78 is 1.73. The highest BCUT2D eigenvalue weighted by molar-refractivity contribution is 5.75. The first-order valence-electron chi connectivity index (χ1n) is 8.67. The van der Waals surface area contributed by atoms with Crippen LogP contribution in [0.25, 0.3) is 0 Å². The van der Waals surface area contributed by atoms with Gasteiger partial charge in [-0.2, -0.15) is 5.10 Å². The van der Waals surface area contributed by atoms with Crippen molar-refractivity contribution < 1.29 is 4.79 Å². The van der Waals surface area contributed by atoms with Gasteiger partial charge in [0.1, 0.15) is 12.4 Å². The number of piperazine rings is 1. The van der Waals surface area contributed by atoms with Crippen LogP contribution in [-0.4, -0.2) is 58.8 Å². The fourth-order valence-corrected chi connectivity index (χ4v) is 3.01. The molecule has 25 heavy (non-hydrogen) atoms. The minimum Gasteiger partial charge on any atom is -0.354 e. The lowest BCUT2D eigenvalue weighted by atomic mass is 10.2. The average molecular weight is 342 g/mol. The normalized spacial score (nSPS) is 15.4. The Kier molecular flexibility index (Phi) is 5.33. The molecule has 1 aliphatic heterocycles. The number of carbonyl (C=O) groups is 1. The summed E-state index contributed by atoms with van der Waals surface area (Å²) in [6, 6.07) is 5.98.